The zero-order valence-electron chi connectivity index (χ0n) is 7.92. The summed E-state index contributed by atoms with van der Waals surface area (Å²) in [6.45, 7) is 0. The van der Waals surface area contributed by atoms with E-state index in [9.17, 15) is 26.7 Å². The maximum atomic E-state index is 12.4. The van der Waals surface area contributed by atoms with Gasteiger partial charge in [0, 0.05) is 0 Å². The number of nitrogens with two attached hydrogens (primary N) is 1. The number of hydrogen-bond donors (Lipinski definition) is 2. The molecule has 1 aromatic heterocycles. The highest BCUT2D eigenvalue weighted by Gasteiger charge is 2.38. The Kier molecular flexibility index (Phi) is 3.21. The molecule has 0 aromatic carbocycles. The Morgan fingerprint density at radius 1 is 1.41 bits per heavy atom. The van der Waals surface area contributed by atoms with Gasteiger partial charge in [0.1, 0.15) is 17.1 Å². The molecule has 1 aromatic rings. The van der Waals surface area contributed by atoms with Gasteiger partial charge in [0.25, 0.3) is 6.43 Å². The highest BCUT2D eigenvalue weighted by molar-refractivity contribution is 5.92. The summed E-state index contributed by atoms with van der Waals surface area (Å²) in [5.41, 5.74) is 0.619. The van der Waals surface area contributed by atoms with Crippen molar-refractivity contribution in [1.82, 2.24) is 4.98 Å². The highest BCUT2D eigenvalue weighted by Crippen LogP contribution is 2.36. The van der Waals surface area contributed by atoms with Gasteiger partial charge < -0.3 is 10.8 Å². The molecular formula is C8H5F5N2O2. The van der Waals surface area contributed by atoms with Crippen LogP contribution in [0.1, 0.15) is 28.0 Å². The fourth-order valence-corrected chi connectivity index (χ4v) is 1.11. The third kappa shape index (κ3) is 2.60. The average molecular weight is 256 g/mol. The first-order chi connectivity index (χ1) is 7.64. The monoisotopic (exact) mass is 256 g/mol. The number of halogens is 5. The number of aromatic nitrogens is 1. The molecule has 0 atom stereocenters. The van der Waals surface area contributed by atoms with Crippen molar-refractivity contribution in [2.75, 3.05) is 5.73 Å². The molecule has 3 N–H and O–H groups in total. The molecule has 1 heterocycles. The molecule has 0 amide bonds. The first-order valence-electron chi connectivity index (χ1n) is 4.03. The molecular weight excluding hydrogens is 251 g/mol. The van der Waals surface area contributed by atoms with E-state index in [2.05, 4.69) is 4.98 Å². The second-order valence-corrected chi connectivity index (χ2v) is 2.96. The van der Waals surface area contributed by atoms with Gasteiger partial charge in [-0.2, -0.15) is 13.2 Å². The van der Waals surface area contributed by atoms with Crippen molar-refractivity contribution in [1.29, 1.82) is 0 Å². The van der Waals surface area contributed by atoms with E-state index < -0.39 is 41.2 Å². The molecule has 9 heteroatoms. The molecule has 94 valence electrons. The number of nitrogen functional groups attached to an aromatic ring is 1. The maximum Gasteiger partial charge on any atom is 0.418 e. The molecule has 0 aliphatic rings. The topological polar surface area (TPSA) is 76.2 Å². The molecule has 0 spiro atoms. The average Bonchev–Trinajstić information content (AvgIpc) is 2.14. The van der Waals surface area contributed by atoms with E-state index in [-0.39, 0.29) is 6.07 Å². The van der Waals surface area contributed by atoms with Crippen molar-refractivity contribution in [3.8, 4) is 0 Å². The molecule has 0 fully saturated rings. The Hall–Kier alpha value is -1.93. The number of anilines is 1. The Balaban J connectivity index is 3.54. The van der Waals surface area contributed by atoms with Crippen LogP contribution >= 0.6 is 0 Å². The first kappa shape index (κ1) is 13.1. The molecule has 0 saturated carbocycles. The van der Waals surface area contributed by atoms with Gasteiger partial charge in [-0.15, -0.1) is 0 Å². The van der Waals surface area contributed by atoms with Crippen LogP contribution in [-0.2, 0) is 6.18 Å². The summed E-state index contributed by atoms with van der Waals surface area (Å²) in [5.74, 6) is -2.66. The molecule has 0 aliphatic heterocycles. The van der Waals surface area contributed by atoms with Crippen LogP contribution in [0.4, 0.5) is 27.8 Å². The van der Waals surface area contributed by atoms with Crippen molar-refractivity contribution in [2.45, 2.75) is 12.6 Å². The summed E-state index contributed by atoms with van der Waals surface area (Å²) in [7, 11) is 0. The number of carboxylic acids is 1. The number of carbonyl (C=O) groups is 1. The van der Waals surface area contributed by atoms with Crippen LogP contribution in [0.3, 0.4) is 0 Å². The van der Waals surface area contributed by atoms with E-state index in [0.29, 0.717) is 0 Å². The van der Waals surface area contributed by atoms with E-state index in [0.717, 1.165) is 0 Å². The number of hydrogen-bond acceptors (Lipinski definition) is 3. The first-order valence-corrected chi connectivity index (χ1v) is 4.03. The number of aromatic carboxylic acids is 1. The maximum absolute atomic E-state index is 12.4. The van der Waals surface area contributed by atoms with Gasteiger partial charge in [-0.05, 0) is 6.07 Å². The summed E-state index contributed by atoms with van der Waals surface area (Å²) >= 11 is 0. The fourth-order valence-electron chi connectivity index (χ4n) is 1.11. The van der Waals surface area contributed by atoms with Gasteiger partial charge in [-0.25, -0.2) is 18.6 Å². The summed E-state index contributed by atoms with van der Waals surface area (Å²) in [6, 6.07) is 0.0478. The largest absolute Gasteiger partial charge is 0.478 e. The molecule has 0 bridgehead atoms. The zero-order valence-corrected chi connectivity index (χ0v) is 7.92. The van der Waals surface area contributed by atoms with Crippen LogP contribution in [0.15, 0.2) is 6.07 Å². The minimum Gasteiger partial charge on any atom is -0.478 e. The molecule has 1 rings (SSSR count). The normalized spacial score (nSPS) is 11.9. The second-order valence-electron chi connectivity index (χ2n) is 2.96. The van der Waals surface area contributed by atoms with Gasteiger partial charge in [-0.3, -0.25) is 0 Å². The number of rotatable bonds is 2. The van der Waals surface area contributed by atoms with Crippen LogP contribution in [0, 0.1) is 0 Å². The third-order valence-electron chi connectivity index (χ3n) is 1.82. The standard InChI is InChI=1S/C8H5F5N2O2/c9-5(10)4-3(8(11,12)13)1-2(7(16)17)6(14)15-4/h1,5H,(H2,14,15)(H,16,17). The van der Waals surface area contributed by atoms with Gasteiger partial charge in [-0.1, -0.05) is 0 Å². The zero-order chi connectivity index (χ0) is 13.4. The predicted molar refractivity (Wildman–Crippen MR) is 45.6 cm³/mol. The second kappa shape index (κ2) is 4.15. The Labute approximate surface area is 90.9 Å². The van der Waals surface area contributed by atoms with Crippen LogP contribution in [0.2, 0.25) is 0 Å². The quantitative estimate of drug-likeness (QED) is 0.796. The molecule has 0 aliphatic carbocycles. The van der Waals surface area contributed by atoms with Gasteiger partial charge >= 0.3 is 12.1 Å². The van der Waals surface area contributed by atoms with E-state index in [4.69, 9.17) is 10.8 Å². The predicted octanol–water partition coefficient (Wildman–Crippen LogP) is 2.32. The van der Waals surface area contributed by atoms with E-state index >= 15 is 0 Å². The lowest BCUT2D eigenvalue weighted by atomic mass is 10.1. The highest BCUT2D eigenvalue weighted by atomic mass is 19.4. The number of carboxylic acid groups (broad SMARTS) is 1. The summed E-state index contributed by atoms with van der Waals surface area (Å²) in [6.07, 6.45) is -8.63. The lowest BCUT2D eigenvalue weighted by Gasteiger charge is -2.13. The van der Waals surface area contributed by atoms with Crippen molar-refractivity contribution in [2.24, 2.45) is 0 Å². The van der Waals surface area contributed by atoms with Gasteiger partial charge in [0.05, 0.1) is 5.56 Å². The van der Waals surface area contributed by atoms with Gasteiger partial charge in [0.2, 0.25) is 0 Å². The van der Waals surface area contributed by atoms with E-state index in [1.165, 1.54) is 0 Å². The van der Waals surface area contributed by atoms with Crippen molar-refractivity contribution >= 4 is 11.8 Å². The Morgan fingerprint density at radius 2 is 1.94 bits per heavy atom. The van der Waals surface area contributed by atoms with E-state index in [1.54, 1.807) is 0 Å². The molecule has 17 heavy (non-hydrogen) atoms. The van der Waals surface area contributed by atoms with E-state index in [1.807, 2.05) is 0 Å². The molecule has 0 radical (unpaired) electrons. The smallest absolute Gasteiger partial charge is 0.418 e. The van der Waals surface area contributed by atoms with Crippen molar-refractivity contribution < 1.29 is 31.9 Å². The number of nitrogens with zero attached hydrogens (tertiary/aromatic N) is 1. The Bertz CT molecular complexity index is 458. The minimum atomic E-state index is -5.13. The third-order valence-corrected chi connectivity index (χ3v) is 1.82. The number of alkyl halides is 5. The summed E-state index contributed by atoms with van der Waals surface area (Å²) < 4.78 is 61.7. The van der Waals surface area contributed by atoms with Crippen LogP contribution < -0.4 is 5.73 Å². The summed E-state index contributed by atoms with van der Waals surface area (Å²) in [5, 5.41) is 8.51. The molecule has 4 nitrogen and oxygen atoms in total. The van der Waals surface area contributed by atoms with Crippen molar-refractivity contribution in [3.05, 3.63) is 22.9 Å². The summed E-state index contributed by atoms with van der Waals surface area (Å²) in [4.78, 5) is 13.3. The lowest BCUT2D eigenvalue weighted by Crippen LogP contribution is -2.16. The molecule has 0 unspecified atom stereocenters. The number of pyridine rings is 1. The van der Waals surface area contributed by atoms with Crippen LogP contribution in [0.25, 0.3) is 0 Å². The minimum absolute atomic E-state index is 0.0478. The SMILES string of the molecule is Nc1nc(C(F)F)c(C(F)(F)F)cc1C(=O)O. The van der Waals surface area contributed by atoms with Crippen LogP contribution in [-0.4, -0.2) is 16.1 Å². The van der Waals surface area contributed by atoms with Gasteiger partial charge in [0.15, 0.2) is 0 Å². The molecule has 0 saturated heterocycles. The lowest BCUT2D eigenvalue weighted by molar-refractivity contribution is -0.139. The Morgan fingerprint density at radius 3 is 2.29 bits per heavy atom. The van der Waals surface area contributed by atoms with Crippen molar-refractivity contribution in [3.63, 3.8) is 0 Å². The fraction of sp³-hybridized carbons (Fsp3) is 0.250. The van der Waals surface area contributed by atoms with Crippen LogP contribution in [0.5, 0.6) is 0 Å².